The van der Waals surface area contributed by atoms with Crippen molar-refractivity contribution in [2.75, 3.05) is 5.32 Å². The molecule has 0 saturated heterocycles. The molecule has 20 heavy (non-hydrogen) atoms. The van der Waals surface area contributed by atoms with Crippen LogP contribution >= 0.6 is 0 Å². The van der Waals surface area contributed by atoms with Crippen LogP contribution in [-0.4, -0.2) is 13.0 Å². The maximum absolute atomic E-state index is 10.9. The van der Waals surface area contributed by atoms with Gasteiger partial charge in [-0.25, -0.2) is 0 Å². The van der Waals surface area contributed by atoms with Gasteiger partial charge in [-0.1, -0.05) is 36.9 Å². The minimum Gasteiger partial charge on any atom is -0.381 e. The highest BCUT2D eigenvalue weighted by Crippen LogP contribution is 2.16. The SMILES string of the molecule is C=Cc1ccccc1CNc1ccc(S(=O)(=O)O)cc1. The van der Waals surface area contributed by atoms with Gasteiger partial charge in [-0.3, -0.25) is 4.55 Å². The first-order valence-corrected chi connectivity index (χ1v) is 7.46. The molecule has 0 aliphatic rings. The monoisotopic (exact) mass is 289 g/mol. The maximum atomic E-state index is 10.9. The van der Waals surface area contributed by atoms with E-state index in [1.54, 1.807) is 18.2 Å². The van der Waals surface area contributed by atoms with Crippen molar-refractivity contribution in [3.8, 4) is 0 Å². The van der Waals surface area contributed by atoms with Crippen molar-refractivity contribution in [1.29, 1.82) is 0 Å². The summed E-state index contributed by atoms with van der Waals surface area (Å²) in [6.07, 6.45) is 1.79. The van der Waals surface area contributed by atoms with Gasteiger partial charge in [0.15, 0.2) is 0 Å². The molecule has 0 radical (unpaired) electrons. The molecule has 0 spiro atoms. The zero-order valence-electron chi connectivity index (χ0n) is 10.8. The van der Waals surface area contributed by atoms with Crippen molar-refractivity contribution in [3.63, 3.8) is 0 Å². The maximum Gasteiger partial charge on any atom is 0.294 e. The van der Waals surface area contributed by atoms with E-state index in [9.17, 15) is 8.42 Å². The third-order valence-corrected chi connectivity index (χ3v) is 3.78. The average Bonchev–Trinajstić information content (AvgIpc) is 2.45. The molecule has 4 nitrogen and oxygen atoms in total. The molecule has 0 bridgehead atoms. The number of nitrogens with one attached hydrogen (secondary N) is 1. The van der Waals surface area contributed by atoms with Crippen molar-refractivity contribution in [1.82, 2.24) is 0 Å². The third kappa shape index (κ3) is 3.46. The fourth-order valence-electron chi connectivity index (χ4n) is 1.84. The van der Waals surface area contributed by atoms with E-state index in [1.807, 2.05) is 24.3 Å². The molecular weight excluding hydrogens is 274 g/mol. The van der Waals surface area contributed by atoms with Gasteiger partial charge in [0.25, 0.3) is 10.1 Å². The Hall–Kier alpha value is -2.11. The number of rotatable bonds is 5. The zero-order valence-corrected chi connectivity index (χ0v) is 11.6. The van der Waals surface area contributed by atoms with Crippen molar-refractivity contribution >= 4 is 21.9 Å². The summed E-state index contributed by atoms with van der Waals surface area (Å²) in [6, 6.07) is 13.8. The minimum atomic E-state index is -4.14. The van der Waals surface area contributed by atoms with E-state index in [-0.39, 0.29) is 4.90 Å². The highest BCUT2D eigenvalue weighted by molar-refractivity contribution is 7.85. The van der Waals surface area contributed by atoms with E-state index < -0.39 is 10.1 Å². The molecule has 0 aliphatic heterocycles. The predicted octanol–water partition coefficient (Wildman–Crippen LogP) is 3.19. The molecule has 2 rings (SSSR count). The van der Waals surface area contributed by atoms with E-state index in [2.05, 4.69) is 11.9 Å². The Morgan fingerprint density at radius 2 is 1.75 bits per heavy atom. The Morgan fingerprint density at radius 3 is 2.35 bits per heavy atom. The molecule has 0 aliphatic carbocycles. The second-order valence-electron chi connectivity index (χ2n) is 4.26. The number of anilines is 1. The van der Waals surface area contributed by atoms with Crippen LogP contribution in [0.15, 0.2) is 60.0 Å². The van der Waals surface area contributed by atoms with Gasteiger partial charge >= 0.3 is 0 Å². The number of hydrogen-bond donors (Lipinski definition) is 2. The Balaban J connectivity index is 2.10. The van der Waals surface area contributed by atoms with Crippen molar-refractivity contribution in [3.05, 3.63) is 66.2 Å². The van der Waals surface area contributed by atoms with Gasteiger partial charge < -0.3 is 5.32 Å². The molecule has 0 saturated carbocycles. The normalized spacial score (nSPS) is 11.1. The van der Waals surface area contributed by atoms with Crippen LogP contribution in [0.1, 0.15) is 11.1 Å². The van der Waals surface area contributed by atoms with Crippen LogP contribution in [0.5, 0.6) is 0 Å². The van der Waals surface area contributed by atoms with Crippen molar-refractivity contribution < 1.29 is 13.0 Å². The molecule has 5 heteroatoms. The molecule has 2 aromatic carbocycles. The summed E-state index contributed by atoms with van der Waals surface area (Å²) in [5.74, 6) is 0. The molecule has 0 fully saturated rings. The number of benzene rings is 2. The van der Waals surface area contributed by atoms with Crippen molar-refractivity contribution in [2.45, 2.75) is 11.4 Å². The van der Waals surface area contributed by atoms with Crippen molar-refractivity contribution in [2.24, 2.45) is 0 Å². The van der Waals surface area contributed by atoms with Gasteiger partial charge in [0.05, 0.1) is 4.90 Å². The molecule has 0 amide bonds. The van der Waals surface area contributed by atoms with E-state index in [4.69, 9.17) is 4.55 Å². The molecule has 2 N–H and O–H groups in total. The summed E-state index contributed by atoms with van der Waals surface area (Å²) in [5, 5.41) is 3.19. The predicted molar refractivity (Wildman–Crippen MR) is 80.1 cm³/mol. The summed E-state index contributed by atoms with van der Waals surface area (Å²) in [5.41, 5.74) is 2.92. The quantitative estimate of drug-likeness (QED) is 0.830. The standard InChI is InChI=1S/C15H15NO3S/c1-2-12-5-3-4-6-13(12)11-16-14-7-9-15(10-8-14)20(17,18)19/h2-10,16H,1,11H2,(H,17,18,19). The topological polar surface area (TPSA) is 66.4 Å². The fraction of sp³-hybridized carbons (Fsp3) is 0.0667. The van der Waals surface area contributed by atoms with Gasteiger partial charge in [-0.2, -0.15) is 8.42 Å². The lowest BCUT2D eigenvalue weighted by Crippen LogP contribution is -2.02. The number of hydrogen-bond acceptors (Lipinski definition) is 3. The molecule has 0 heterocycles. The highest BCUT2D eigenvalue weighted by atomic mass is 32.2. The second-order valence-corrected chi connectivity index (χ2v) is 5.68. The third-order valence-electron chi connectivity index (χ3n) is 2.91. The fourth-order valence-corrected chi connectivity index (χ4v) is 2.32. The van der Waals surface area contributed by atoms with Gasteiger partial charge in [-0.05, 0) is 35.4 Å². The molecule has 2 aromatic rings. The van der Waals surface area contributed by atoms with Crippen LogP contribution < -0.4 is 5.32 Å². The molecular formula is C15H15NO3S. The largest absolute Gasteiger partial charge is 0.381 e. The Bertz CT molecular complexity index is 706. The van der Waals surface area contributed by atoms with E-state index >= 15 is 0 Å². The summed E-state index contributed by atoms with van der Waals surface area (Å²) in [7, 11) is -4.14. The first kappa shape index (κ1) is 14.3. The summed E-state index contributed by atoms with van der Waals surface area (Å²) >= 11 is 0. The highest BCUT2D eigenvalue weighted by Gasteiger charge is 2.08. The summed E-state index contributed by atoms with van der Waals surface area (Å²) in [6.45, 7) is 4.37. The Kier molecular flexibility index (Phi) is 4.22. The van der Waals surface area contributed by atoms with E-state index in [0.29, 0.717) is 6.54 Å². The van der Waals surface area contributed by atoms with Crippen LogP contribution in [0.2, 0.25) is 0 Å². The van der Waals surface area contributed by atoms with Gasteiger partial charge in [0.1, 0.15) is 0 Å². The van der Waals surface area contributed by atoms with E-state index in [1.165, 1.54) is 12.1 Å². The minimum absolute atomic E-state index is 0.116. The van der Waals surface area contributed by atoms with Crippen LogP contribution in [-0.2, 0) is 16.7 Å². The second kappa shape index (κ2) is 5.90. The lowest BCUT2D eigenvalue weighted by molar-refractivity contribution is 0.483. The van der Waals surface area contributed by atoms with E-state index in [0.717, 1.165) is 16.8 Å². The zero-order chi connectivity index (χ0) is 14.6. The van der Waals surface area contributed by atoms with Crippen LogP contribution in [0.25, 0.3) is 6.08 Å². The Labute approximate surface area is 118 Å². The molecule has 0 unspecified atom stereocenters. The van der Waals surface area contributed by atoms with Gasteiger partial charge in [0, 0.05) is 12.2 Å². The van der Waals surface area contributed by atoms with Gasteiger partial charge in [0.2, 0.25) is 0 Å². The first-order chi connectivity index (χ1) is 9.50. The summed E-state index contributed by atoms with van der Waals surface area (Å²) in [4.78, 5) is -0.116. The van der Waals surface area contributed by atoms with Crippen LogP contribution in [0.4, 0.5) is 5.69 Å². The Morgan fingerprint density at radius 1 is 1.10 bits per heavy atom. The molecule has 104 valence electrons. The smallest absolute Gasteiger partial charge is 0.294 e. The van der Waals surface area contributed by atoms with Gasteiger partial charge in [-0.15, -0.1) is 0 Å². The van der Waals surface area contributed by atoms with Crippen LogP contribution in [0.3, 0.4) is 0 Å². The molecule has 0 aromatic heterocycles. The molecule has 0 atom stereocenters. The lowest BCUT2D eigenvalue weighted by Gasteiger charge is -2.09. The van der Waals surface area contributed by atoms with Crippen LogP contribution in [0, 0.1) is 0 Å². The summed E-state index contributed by atoms with van der Waals surface area (Å²) < 4.78 is 30.8. The first-order valence-electron chi connectivity index (χ1n) is 6.02. The average molecular weight is 289 g/mol. The lowest BCUT2D eigenvalue weighted by atomic mass is 10.1.